The number of nitrogens with two attached hydrogens (primary N) is 1. The monoisotopic (exact) mass is 484 g/mol. The van der Waals surface area contributed by atoms with Crippen LogP contribution in [0.1, 0.15) is 28.8 Å². The van der Waals surface area contributed by atoms with Crippen LogP contribution < -0.4 is 21.7 Å². The number of aliphatic hydroxyl groups is 1. The van der Waals surface area contributed by atoms with E-state index in [0.717, 1.165) is 0 Å². The third-order valence-corrected chi connectivity index (χ3v) is 5.47. The van der Waals surface area contributed by atoms with Crippen molar-refractivity contribution in [2.24, 2.45) is 5.73 Å². The zero-order chi connectivity index (χ0) is 25.5. The van der Waals surface area contributed by atoms with Crippen LogP contribution in [0.4, 0.5) is 5.69 Å². The Morgan fingerprint density at radius 3 is 2.57 bits per heavy atom. The summed E-state index contributed by atoms with van der Waals surface area (Å²) in [5.74, 6) is -2.32. The molecule has 1 aliphatic heterocycles. The zero-order valence-corrected chi connectivity index (χ0v) is 18.8. The molecule has 0 aliphatic carbocycles. The van der Waals surface area contributed by atoms with Gasteiger partial charge >= 0.3 is 0 Å². The molecule has 2 atom stereocenters. The van der Waals surface area contributed by atoms with E-state index in [2.05, 4.69) is 16.0 Å². The molecule has 12 heteroatoms. The molecule has 0 saturated carbocycles. The summed E-state index contributed by atoms with van der Waals surface area (Å²) in [7, 11) is 0. The zero-order valence-electron chi connectivity index (χ0n) is 18.8. The molecule has 9 N–H and O–H groups in total. The van der Waals surface area contributed by atoms with Gasteiger partial charge in [-0.05, 0) is 48.7 Å². The van der Waals surface area contributed by atoms with Gasteiger partial charge in [0.05, 0.1) is 19.0 Å². The van der Waals surface area contributed by atoms with E-state index in [0.29, 0.717) is 30.6 Å². The Kier molecular flexibility index (Phi) is 8.10. The van der Waals surface area contributed by atoms with E-state index in [1.54, 1.807) is 12.1 Å². The van der Waals surface area contributed by atoms with Crippen molar-refractivity contribution in [3.05, 3.63) is 53.6 Å². The molecule has 1 fully saturated rings. The number of anilines is 1. The van der Waals surface area contributed by atoms with Crippen molar-refractivity contribution < 1.29 is 29.7 Å². The van der Waals surface area contributed by atoms with Gasteiger partial charge in [0.15, 0.2) is 17.5 Å². The van der Waals surface area contributed by atoms with Crippen molar-refractivity contribution in [1.82, 2.24) is 15.5 Å². The van der Waals surface area contributed by atoms with Gasteiger partial charge in [-0.3, -0.25) is 19.8 Å². The number of carbonyl (C=O) groups excluding carboxylic acids is 3. The van der Waals surface area contributed by atoms with E-state index in [1.165, 1.54) is 35.2 Å². The number of hydrogen-bond acceptors (Lipinski definition) is 7. The lowest BCUT2D eigenvalue weighted by Crippen LogP contribution is -2.59. The molecule has 0 aromatic heterocycles. The van der Waals surface area contributed by atoms with Crippen molar-refractivity contribution in [2.75, 3.05) is 18.4 Å². The number of rotatable bonds is 7. The summed E-state index contributed by atoms with van der Waals surface area (Å²) in [6, 6.07) is 9.61. The van der Waals surface area contributed by atoms with Crippen LogP contribution in [0.15, 0.2) is 42.5 Å². The Morgan fingerprint density at radius 1 is 1.09 bits per heavy atom. The van der Waals surface area contributed by atoms with Crippen LogP contribution in [-0.2, 0) is 16.0 Å². The van der Waals surface area contributed by atoms with Crippen LogP contribution in [0.3, 0.4) is 0 Å². The van der Waals surface area contributed by atoms with Crippen molar-refractivity contribution in [2.45, 2.75) is 31.5 Å². The highest BCUT2D eigenvalue weighted by atomic mass is 16.3. The minimum absolute atomic E-state index is 0.0570. The highest BCUT2D eigenvalue weighted by Gasteiger charge is 2.31. The van der Waals surface area contributed by atoms with Crippen molar-refractivity contribution >= 4 is 29.4 Å². The number of phenols is 2. The standard InChI is InChI=1S/C23H28N6O6/c24-23(25)29-8-2-5-16(22(29)35)28-20(33)12-26-21(34)14-3-1-4-15(11-14)27-19(32)10-13-6-7-17(30)18(31)9-13/h1,3-4,6-7,9,11,16,22,30-31,35H,2,5,8,10,12H2,(H3,24,25)(H,26,34)(H,27,32)(H,28,33)/t16-,22?/m0/s1. The maximum absolute atomic E-state index is 12.5. The summed E-state index contributed by atoms with van der Waals surface area (Å²) in [5, 5.41) is 44.4. The van der Waals surface area contributed by atoms with Crippen LogP contribution >= 0.6 is 0 Å². The lowest BCUT2D eigenvalue weighted by molar-refractivity contribution is -0.123. The number of nitrogens with zero attached hydrogens (tertiary/aromatic N) is 1. The van der Waals surface area contributed by atoms with Gasteiger partial charge in [0.25, 0.3) is 5.91 Å². The Balaban J connectivity index is 1.51. The second-order valence-corrected chi connectivity index (χ2v) is 8.12. The highest BCUT2D eigenvalue weighted by molar-refractivity contribution is 5.99. The first-order chi connectivity index (χ1) is 16.6. The molecule has 2 aromatic rings. The van der Waals surface area contributed by atoms with Gasteiger partial charge < -0.3 is 41.9 Å². The average molecular weight is 485 g/mol. The molecule has 3 amide bonds. The number of amides is 3. The number of nitrogens with one attached hydrogen (secondary N) is 4. The molecule has 0 radical (unpaired) electrons. The van der Waals surface area contributed by atoms with Gasteiger partial charge in [0, 0.05) is 17.8 Å². The number of carbonyl (C=O) groups is 3. The molecule has 3 rings (SSSR count). The fraction of sp³-hybridized carbons (Fsp3) is 0.304. The normalized spacial score (nSPS) is 17.3. The molecule has 1 saturated heterocycles. The fourth-order valence-corrected chi connectivity index (χ4v) is 3.72. The van der Waals surface area contributed by atoms with Gasteiger partial charge in [0.1, 0.15) is 6.23 Å². The quantitative estimate of drug-likeness (QED) is 0.150. The summed E-state index contributed by atoms with van der Waals surface area (Å²) >= 11 is 0. The number of guanidine groups is 1. The Labute approximate surface area is 201 Å². The second-order valence-electron chi connectivity index (χ2n) is 8.12. The third-order valence-electron chi connectivity index (χ3n) is 5.47. The second kappa shape index (κ2) is 11.2. The maximum atomic E-state index is 12.5. The number of piperidine rings is 1. The molecule has 0 spiro atoms. The molecule has 0 bridgehead atoms. The number of benzene rings is 2. The maximum Gasteiger partial charge on any atom is 0.251 e. The lowest BCUT2D eigenvalue weighted by Gasteiger charge is -2.38. The first-order valence-electron chi connectivity index (χ1n) is 10.9. The summed E-state index contributed by atoms with van der Waals surface area (Å²) < 4.78 is 0. The number of aliphatic hydroxyl groups excluding tert-OH is 1. The smallest absolute Gasteiger partial charge is 0.251 e. The predicted octanol–water partition coefficient (Wildman–Crippen LogP) is -0.199. The first-order valence-corrected chi connectivity index (χ1v) is 10.9. The predicted molar refractivity (Wildman–Crippen MR) is 127 cm³/mol. The Morgan fingerprint density at radius 2 is 1.86 bits per heavy atom. The molecule has 1 aliphatic rings. The van der Waals surface area contributed by atoms with E-state index in [9.17, 15) is 29.7 Å². The molecule has 12 nitrogen and oxygen atoms in total. The molecule has 2 aromatic carbocycles. The number of phenolic OH excluding ortho intramolecular Hbond substituents is 2. The summed E-state index contributed by atoms with van der Waals surface area (Å²) in [6.45, 7) is 0.0902. The molecular weight excluding hydrogens is 456 g/mol. The molecular formula is C23H28N6O6. The van der Waals surface area contributed by atoms with Crippen LogP contribution in [0.5, 0.6) is 11.5 Å². The molecule has 1 heterocycles. The van der Waals surface area contributed by atoms with Gasteiger partial charge in [-0.15, -0.1) is 0 Å². The first kappa shape index (κ1) is 25.3. The van der Waals surface area contributed by atoms with Crippen LogP contribution in [0.2, 0.25) is 0 Å². The van der Waals surface area contributed by atoms with Gasteiger partial charge in [-0.1, -0.05) is 12.1 Å². The average Bonchev–Trinajstić information content (AvgIpc) is 2.81. The summed E-state index contributed by atoms with van der Waals surface area (Å²) in [4.78, 5) is 38.3. The van der Waals surface area contributed by atoms with Gasteiger partial charge in [-0.2, -0.15) is 0 Å². The SMILES string of the molecule is N=C(N)N1CCC[C@H](NC(=O)CNC(=O)c2cccc(NC(=O)Cc3ccc(O)c(O)c3)c2)C1O. The number of likely N-dealkylation sites (tertiary alicyclic amines) is 1. The molecule has 186 valence electrons. The van der Waals surface area contributed by atoms with Crippen molar-refractivity contribution in [3.8, 4) is 11.5 Å². The Hall–Kier alpha value is -4.32. The van der Waals surface area contributed by atoms with Gasteiger partial charge in [0.2, 0.25) is 11.8 Å². The molecule has 1 unspecified atom stereocenters. The van der Waals surface area contributed by atoms with Crippen LogP contribution in [0.25, 0.3) is 0 Å². The molecule has 35 heavy (non-hydrogen) atoms. The minimum Gasteiger partial charge on any atom is -0.504 e. The van der Waals surface area contributed by atoms with E-state index < -0.39 is 30.0 Å². The van der Waals surface area contributed by atoms with Crippen molar-refractivity contribution in [3.63, 3.8) is 0 Å². The van der Waals surface area contributed by atoms with Gasteiger partial charge in [-0.25, -0.2) is 0 Å². The minimum atomic E-state index is -1.12. The van der Waals surface area contributed by atoms with Crippen LogP contribution in [0, 0.1) is 5.41 Å². The van der Waals surface area contributed by atoms with E-state index in [4.69, 9.17) is 11.1 Å². The number of aromatic hydroxyl groups is 2. The van der Waals surface area contributed by atoms with E-state index in [1.807, 2.05) is 0 Å². The van der Waals surface area contributed by atoms with Crippen molar-refractivity contribution in [1.29, 1.82) is 5.41 Å². The topological polar surface area (TPSA) is 201 Å². The van der Waals surface area contributed by atoms with Crippen LogP contribution in [-0.4, -0.2) is 69.3 Å². The Bertz CT molecular complexity index is 1120. The van der Waals surface area contributed by atoms with E-state index in [-0.39, 0.29) is 36.0 Å². The fourth-order valence-electron chi connectivity index (χ4n) is 3.72. The number of hydrogen-bond donors (Lipinski definition) is 8. The van der Waals surface area contributed by atoms with E-state index >= 15 is 0 Å². The third kappa shape index (κ3) is 6.84. The summed E-state index contributed by atoms with van der Waals surface area (Å²) in [5.41, 5.74) is 6.52. The summed E-state index contributed by atoms with van der Waals surface area (Å²) in [6.07, 6.45) is -0.0265. The largest absolute Gasteiger partial charge is 0.504 e. The lowest BCUT2D eigenvalue weighted by atomic mass is 10.0. The highest BCUT2D eigenvalue weighted by Crippen LogP contribution is 2.25.